The fraction of sp³-hybridized carbons (Fsp3) is 0.500. The van der Waals surface area contributed by atoms with Crippen molar-refractivity contribution in [2.75, 3.05) is 59.5 Å². The van der Waals surface area contributed by atoms with Crippen molar-refractivity contribution in [1.82, 2.24) is 0 Å². The number of epoxide rings is 5. The van der Waals surface area contributed by atoms with E-state index < -0.39 is 23.9 Å². The Hall–Kier alpha value is -4.21. The molecular formula is C34H38O14. The maximum Gasteiger partial charge on any atom is 0.338 e. The van der Waals surface area contributed by atoms with E-state index in [1.807, 2.05) is 0 Å². The lowest BCUT2D eigenvalue weighted by atomic mass is 10.1. The lowest BCUT2D eigenvalue weighted by Crippen LogP contribution is -2.12. The van der Waals surface area contributed by atoms with Crippen molar-refractivity contribution in [2.45, 2.75) is 50.3 Å². The van der Waals surface area contributed by atoms with Gasteiger partial charge in [-0.05, 0) is 61.9 Å². The standard InChI is InChI=1S/2C14H14O6.C6H10O2/c2*15-13(19-7-11-5-17-11)9-1-2-10(4-3-9)14(16)20-8-12-6-18-12;1-5(7)2-3-6-4-8-6/h2*1-4,11-12H,5-8H2;6H,2-4H2,1H3. The molecule has 0 spiro atoms. The second-order valence-electron chi connectivity index (χ2n) is 11.6. The van der Waals surface area contributed by atoms with Gasteiger partial charge in [0.05, 0.1) is 61.4 Å². The van der Waals surface area contributed by atoms with Crippen molar-refractivity contribution >= 4 is 29.7 Å². The molecule has 5 atom stereocenters. The number of carbonyl (C=O) groups excluding carboxylic acids is 5. The first-order chi connectivity index (χ1) is 23.2. The van der Waals surface area contributed by atoms with Crippen LogP contribution in [0.25, 0.3) is 0 Å². The van der Waals surface area contributed by atoms with Crippen molar-refractivity contribution in [1.29, 1.82) is 0 Å². The van der Waals surface area contributed by atoms with Gasteiger partial charge in [0.1, 0.15) is 56.6 Å². The Labute approximate surface area is 276 Å². The molecule has 0 saturated carbocycles. The predicted molar refractivity (Wildman–Crippen MR) is 163 cm³/mol. The number of ketones is 1. The molecule has 0 aromatic heterocycles. The van der Waals surface area contributed by atoms with Gasteiger partial charge in [-0.1, -0.05) is 0 Å². The van der Waals surface area contributed by atoms with E-state index >= 15 is 0 Å². The maximum absolute atomic E-state index is 11.7. The summed E-state index contributed by atoms with van der Waals surface area (Å²) in [6, 6.07) is 12.3. The zero-order valence-corrected chi connectivity index (χ0v) is 26.5. The van der Waals surface area contributed by atoms with E-state index in [1.54, 1.807) is 55.5 Å². The molecule has 0 N–H and O–H groups in total. The molecule has 2 aromatic rings. The minimum Gasteiger partial charge on any atom is -0.459 e. The van der Waals surface area contributed by atoms with E-state index in [9.17, 15) is 24.0 Å². The highest BCUT2D eigenvalue weighted by Gasteiger charge is 2.27. The zero-order chi connectivity index (χ0) is 33.9. The van der Waals surface area contributed by atoms with Crippen molar-refractivity contribution in [3.8, 4) is 0 Å². The van der Waals surface area contributed by atoms with Crippen LogP contribution in [0.4, 0.5) is 0 Å². The van der Waals surface area contributed by atoms with Crippen LogP contribution < -0.4 is 0 Å². The largest absolute Gasteiger partial charge is 0.459 e. The van der Waals surface area contributed by atoms with E-state index in [0.29, 0.717) is 61.2 Å². The third-order valence-electron chi connectivity index (χ3n) is 7.14. The van der Waals surface area contributed by atoms with Crippen LogP contribution in [0.2, 0.25) is 0 Å². The van der Waals surface area contributed by atoms with Gasteiger partial charge in [-0.15, -0.1) is 0 Å². The minimum absolute atomic E-state index is 0.0397. The molecule has 14 nitrogen and oxygen atoms in total. The summed E-state index contributed by atoms with van der Waals surface area (Å²) in [6.45, 7) is 6.12. The Morgan fingerprint density at radius 2 is 0.708 bits per heavy atom. The van der Waals surface area contributed by atoms with E-state index in [4.69, 9.17) is 42.6 Å². The first-order valence-electron chi connectivity index (χ1n) is 15.7. The Balaban J connectivity index is 0.000000154. The number of hydrogen-bond acceptors (Lipinski definition) is 14. The molecule has 0 bridgehead atoms. The van der Waals surface area contributed by atoms with Crippen LogP contribution in [0, 0.1) is 0 Å². The van der Waals surface area contributed by atoms with Crippen LogP contribution in [0.3, 0.4) is 0 Å². The monoisotopic (exact) mass is 670 g/mol. The van der Waals surface area contributed by atoms with Gasteiger partial charge >= 0.3 is 23.9 Å². The molecule has 0 amide bonds. The third kappa shape index (κ3) is 13.5. The fourth-order valence-corrected chi connectivity index (χ4v) is 3.75. The highest BCUT2D eigenvalue weighted by Crippen LogP contribution is 2.16. The highest BCUT2D eigenvalue weighted by atomic mass is 16.6. The smallest absolute Gasteiger partial charge is 0.338 e. The Bertz CT molecular complexity index is 1210. The summed E-state index contributed by atoms with van der Waals surface area (Å²) in [5.41, 5.74) is 1.58. The number of benzene rings is 2. The van der Waals surface area contributed by atoms with Gasteiger partial charge in [-0.3, -0.25) is 0 Å². The molecule has 2 aromatic carbocycles. The van der Waals surface area contributed by atoms with Crippen molar-refractivity contribution in [3.05, 3.63) is 70.8 Å². The number of hydrogen-bond donors (Lipinski definition) is 0. The van der Waals surface area contributed by atoms with Gasteiger partial charge in [-0.25, -0.2) is 19.2 Å². The quantitative estimate of drug-likeness (QED) is 0.153. The third-order valence-corrected chi connectivity index (χ3v) is 7.14. The van der Waals surface area contributed by atoms with E-state index in [1.165, 1.54) is 0 Å². The number of carbonyl (C=O) groups is 5. The van der Waals surface area contributed by atoms with Crippen LogP contribution in [0.5, 0.6) is 0 Å². The average Bonchev–Trinajstić information content (AvgIpc) is 3.92. The molecular weight excluding hydrogens is 632 g/mol. The normalized spacial score (nSPS) is 23.4. The van der Waals surface area contributed by atoms with Crippen LogP contribution in [-0.2, 0) is 47.4 Å². The first-order valence-corrected chi connectivity index (χ1v) is 15.7. The topological polar surface area (TPSA) is 185 Å². The van der Waals surface area contributed by atoms with Gasteiger partial charge in [-0.2, -0.15) is 0 Å². The van der Waals surface area contributed by atoms with Crippen LogP contribution in [0.15, 0.2) is 48.5 Å². The Morgan fingerprint density at radius 3 is 0.896 bits per heavy atom. The lowest BCUT2D eigenvalue weighted by molar-refractivity contribution is -0.117. The predicted octanol–water partition coefficient (Wildman–Crippen LogP) is 2.35. The summed E-state index contributed by atoms with van der Waals surface area (Å²) < 4.78 is 44.9. The molecule has 5 fully saturated rings. The van der Waals surface area contributed by atoms with Gasteiger partial charge in [0, 0.05) is 6.42 Å². The van der Waals surface area contributed by atoms with E-state index in [2.05, 4.69) is 0 Å². The molecule has 258 valence electrons. The fourth-order valence-electron chi connectivity index (χ4n) is 3.75. The van der Waals surface area contributed by atoms with Crippen LogP contribution in [0.1, 0.15) is 61.2 Å². The summed E-state index contributed by atoms with van der Waals surface area (Å²) in [6.07, 6.45) is 2.19. The summed E-state index contributed by atoms with van der Waals surface area (Å²) >= 11 is 0. The van der Waals surface area contributed by atoms with Gasteiger partial charge < -0.3 is 47.4 Å². The molecule has 0 radical (unpaired) electrons. The van der Waals surface area contributed by atoms with Crippen LogP contribution >= 0.6 is 0 Å². The molecule has 5 aliphatic heterocycles. The van der Waals surface area contributed by atoms with Gasteiger partial charge in [0.2, 0.25) is 0 Å². The molecule has 5 unspecified atom stereocenters. The van der Waals surface area contributed by atoms with Crippen molar-refractivity contribution in [2.24, 2.45) is 0 Å². The van der Waals surface area contributed by atoms with E-state index in [-0.39, 0.29) is 56.6 Å². The first kappa shape index (κ1) is 35.1. The Kier molecular flexibility index (Phi) is 12.6. The second kappa shape index (κ2) is 17.3. The minimum atomic E-state index is -0.424. The summed E-state index contributed by atoms with van der Waals surface area (Å²) in [5.74, 6) is -1.43. The molecule has 5 saturated heterocycles. The summed E-state index contributed by atoms with van der Waals surface area (Å²) in [5, 5.41) is 0. The summed E-state index contributed by atoms with van der Waals surface area (Å²) in [4.78, 5) is 57.0. The summed E-state index contributed by atoms with van der Waals surface area (Å²) in [7, 11) is 0. The van der Waals surface area contributed by atoms with Gasteiger partial charge in [0.25, 0.3) is 0 Å². The zero-order valence-electron chi connectivity index (χ0n) is 26.5. The van der Waals surface area contributed by atoms with Crippen LogP contribution in [-0.4, -0.2) is 120 Å². The Morgan fingerprint density at radius 1 is 0.479 bits per heavy atom. The number of rotatable bonds is 15. The molecule has 7 rings (SSSR count). The maximum atomic E-state index is 11.7. The molecule has 5 heterocycles. The number of esters is 4. The molecule has 0 aliphatic carbocycles. The average molecular weight is 671 g/mol. The van der Waals surface area contributed by atoms with Crippen molar-refractivity contribution in [3.63, 3.8) is 0 Å². The van der Waals surface area contributed by atoms with Crippen molar-refractivity contribution < 1.29 is 66.6 Å². The second-order valence-corrected chi connectivity index (χ2v) is 11.6. The molecule has 48 heavy (non-hydrogen) atoms. The molecule has 5 aliphatic rings. The number of ether oxygens (including phenoxy) is 9. The SMILES string of the molecule is CC(=O)CCC1CO1.O=C(OCC1CO1)c1ccc(C(=O)OCC2CO2)cc1.O=C(OCC1CO1)c1ccc(C(=O)OCC2CO2)cc1. The van der Waals surface area contributed by atoms with Gasteiger partial charge in [0.15, 0.2) is 0 Å². The lowest BCUT2D eigenvalue weighted by Gasteiger charge is -2.05. The highest BCUT2D eigenvalue weighted by molar-refractivity contribution is 5.94. The number of Topliss-reactive ketones (excluding diaryl/α,β-unsaturated/α-hetero) is 1. The molecule has 14 heteroatoms. The van der Waals surface area contributed by atoms with E-state index in [0.717, 1.165) is 13.0 Å².